The van der Waals surface area contributed by atoms with Gasteiger partial charge in [0.2, 0.25) is 0 Å². The van der Waals surface area contributed by atoms with Crippen molar-refractivity contribution in [3.8, 4) is 0 Å². The van der Waals surface area contributed by atoms with Gasteiger partial charge in [-0.1, -0.05) is 45.0 Å². The summed E-state index contributed by atoms with van der Waals surface area (Å²) in [4.78, 5) is 12.0. The van der Waals surface area contributed by atoms with Crippen LogP contribution in [0.2, 0.25) is 0 Å². The second-order valence-corrected chi connectivity index (χ2v) is 5.55. The molecule has 0 aromatic heterocycles. The van der Waals surface area contributed by atoms with Crippen LogP contribution in [-0.2, 0) is 4.79 Å². The minimum Gasteiger partial charge on any atom is -0.295 e. The quantitative estimate of drug-likeness (QED) is 0.664. The molecular weight excluding hydrogens is 240 g/mol. The van der Waals surface area contributed by atoms with Crippen LogP contribution < -0.4 is 0 Å². The molecule has 2 aliphatic rings. The third-order valence-electron chi connectivity index (χ3n) is 4.05. The SMILES string of the molecule is CC.O=C(CCC=S)C1=CC2(CCCC2)CCC1. The van der Waals surface area contributed by atoms with Gasteiger partial charge in [-0.05, 0) is 54.9 Å². The van der Waals surface area contributed by atoms with Crippen molar-refractivity contribution in [1.29, 1.82) is 0 Å². The smallest absolute Gasteiger partial charge is 0.158 e. The summed E-state index contributed by atoms with van der Waals surface area (Å²) in [5, 5.41) is 1.67. The molecule has 0 radical (unpaired) electrons. The second kappa shape index (κ2) is 7.83. The Balaban J connectivity index is 0.000000771. The molecule has 1 saturated carbocycles. The van der Waals surface area contributed by atoms with E-state index in [1.54, 1.807) is 5.37 Å². The minimum atomic E-state index is 0.340. The molecule has 0 N–H and O–H groups in total. The molecule has 0 aliphatic heterocycles. The van der Waals surface area contributed by atoms with Gasteiger partial charge in [0, 0.05) is 6.42 Å². The highest BCUT2D eigenvalue weighted by Crippen LogP contribution is 2.47. The normalized spacial score (nSPS) is 20.9. The highest BCUT2D eigenvalue weighted by Gasteiger charge is 2.34. The monoisotopic (exact) mass is 266 g/mol. The average Bonchev–Trinajstić information content (AvgIpc) is 2.86. The van der Waals surface area contributed by atoms with Gasteiger partial charge in [-0.2, -0.15) is 0 Å². The van der Waals surface area contributed by atoms with Gasteiger partial charge in [0.25, 0.3) is 0 Å². The summed E-state index contributed by atoms with van der Waals surface area (Å²) < 4.78 is 0. The highest BCUT2D eigenvalue weighted by molar-refractivity contribution is 7.78. The van der Waals surface area contributed by atoms with Crippen LogP contribution >= 0.6 is 12.2 Å². The van der Waals surface area contributed by atoms with E-state index in [0.29, 0.717) is 17.6 Å². The molecule has 0 bridgehead atoms. The number of rotatable bonds is 4. The van der Waals surface area contributed by atoms with Gasteiger partial charge in [-0.15, -0.1) is 0 Å². The van der Waals surface area contributed by atoms with Crippen LogP contribution in [0, 0.1) is 5.41 Å². The van der Waals surface area contributed by atoms with E-state index < -0.39 is 0 Å². The molecule has 0 atom stereocenters. The van der Waals surface area contributed by atoms with E-state index in [1.807, 2.05) is 13.8 Å². The Labute approximate surface area is 117 Å². The largest absolute Gasteiger partial charge is 0.295 e. The van der Waals surface area contributed by atoms with Crippen LogP contribution in [0.1, 0.15) is 71.6 Å². The second-order valence-electron chi connectivity index (χ2n) is 5.22. The number of carbonyl (C=O) groups is 1. The van der Waals surface area contributed by atoms with E-state index in [-0.39, 0.29) is 0 Å². The molecule has 1 fully saturated rings. The summed E-state index contributed by atoms with van der Waals surface area (Å²) in [6.45, 7) is 4.00. The van der Waals surface area contributed by atoms with Gasteiger partial charge in [-0.3, -0.25) is 4.79 Å². The first-order valence-corrected chi connectivity index (χ1v) is 7.91. The molecule has 0 aromatic carbocycles. The number of hydrogen-bond donors (Lipinski definition) is 0. The summed E-state index contributed by atoms with van der Waals surface area (Å²) >= 11 is 4.78. The van der Waals surface area contributed by atoms with Gasteiger partial charge in [0.05, 0.1) is 0 Å². The number of allylic oxidation sites excluding steroid dienone is 2. The predicted octanol–water partition coefficient (Wildman–Crippen LogP) is 5.03. The number of carbonyl (C=O) groups excluding carboxylic acids is 1. The van der Waals surface area contributed by atoms with E-state index in [2.05, 4.69) is 6.08 Å². The molecular formula is C16H26OS. The van der Waals surface area contributed by atoms with Crippen molar-refractivity contribution in [2.75, 3.05) is 0 Å². The van der Waals surface area contributed by atoms with E-state index in [0.717, 1.165) is 18.4 Å². The van der Waals surface area contributed by atoms with Crippen LogP contribution in [0.25, 0.3) is 0 Å². The minimum absolute atomic E-state index is 0.340. The van der Waals surface area contributed by atoms with Crippen molar-refractivity contribution in [2.24, 2.45) is 5.41 Å². The molecule has 1 spiro atoms. The summed E-state index contributed by atoms with van der Waals surface area (Å²) in [6, 6.07) is 0. The number of thiocarbonyl (C=S) groups is 1. The molecule has 0 amide bonds. The highest BCUT2D eigenvalue weighted by atomic mass is 32.1. The fraction of sp³-hybridized carbons (Fsp3) is 0.750. The predicted molar refractivity (Wildman–Crippen MR) is 82.1 cm³/mol. The summed E-state index contributed by atoms with van der Waals surface area (Å²) in [5.74, 6) is 0.340. The zero-order chi connectivity index (χ0) is 13.4. The molecule has 0 heterocycles. The summed E-state index contributed by atoms with van der Waals surface area (Å²) in [7, 11) is 0. The van der Waals surface area contributed by atoms with E-state index in [1.165, 1.54) is 38.5 Å². The Bertz CT molecular complexity index is 311. The van der Waals surface area contributed by atoms with Crippen LogP contribution in [-0.4, -0.2) is 11.2 Å². The average molecular weight is 266 g/mol. The molecule has 102 valence electrons. The molecule has 1 nitrogen and oxygen atoms in total. The lowest BCUT2D eigenvalue weighted by Crippen LogP contribution is -2.20. The molecule has 0 aromatic rings. The fourth-order valence-corrected chi connectivity index (χ4v) is 3.31. The number of ketones is 1. The van der Waals surface area contributed by atoms with Gasteiger partial charge in [0.1, 0.15) is 0 Å². The van der Waals surface area contributed by atoms with Crippen LogP contribution in [0.4, 0.5) is 0 Å². The molecule has 0 unspecified atom stereocenters. The van der Waals surface area contributed by atoms with Crippen molar-refractivity contribution in [3.63, 3.8) is 0 Å². The third kappa shape index (κ3) is 4.01. The van der Waals surface area contributed by atoms with Gasteiger partial charge in [-0.25, -0.2) is 0 Å². The Hall–Kier alpha value is -0.500. The van der Waals surface area contributed by atoms with Crippen LogP contribution in [0.3, 0.4) is 0 Å². The zero-order valence-corrected chi connectivity index (χ0v) is 12.7. The Morgan fingerprint density at radius 1 is 1.28 bits per heavy atom. The summed E-state index contributed by atoms with van der Waals surface area (Å²) in [5.41, 5.74) is 1.51. The standard InChI is InChI=1S/C14H20OS.C2H6/c15-13(6-4-10-16)12-5-3-9-14(11-12)7-1-2-8-14;1-2/h10-11H,1-9H2;1-2H3. The van der Waals surface area contributed by atoms with Crippen molar-refractivity contribution in [2.45, 2.75) is 71.6 Å². The lowest BCUT2D eigenvalue weighted by atomic mass is 9.74. The van der Waals surface area contributed by atoms with Gasteiger partial charge in [0.15, 0.2) is 5.78 Å². The fourth-order valence-electron chi connectivity index (χ4n) is 3.19. The lowest BCUT2D eigenvalue weighted by Gasteiger charge is -2.30. The van der Waals surface area contributed by atoms with Crippen molar-refractivity contribution in [1.82, 2.24) is 0 Å². The number of Topliss-reactive ketones (excluding diaryl/α,β-unsaturated/α-hetero) is 1. The maximum absolute atomic E-state index is 12.0. The Kier molecular flexibility index (Phi) is 6.77. The molecule has 2 aliphatic carbocycles. The van der Waals surface area contributed by atoms with Gasteiger partial charge >= 0.3 is 0 Å². The molecule has 2 rings (SSSR count). The maximum atomic E-state index is 12.0. The topological polar surface area (TPSA) is 17.1 Å². The lowest BCUT2D eigenvalue weighted by molar-refractivity contribution is -0.115. The maximum Gasteiger partial charge on any atom is 0.158 e. The first-order valence-electron chi connectivity index (χ1n) is 7.44. The first-order chi connectivity index (χ1) is 8.76. The van der Waals surface area contributed by atoms with E-state index in [9.17, 15) is 4.79 Å². The molecule has 2 heteroatoms. The van der Waals surface area contributed by atoms with E-state index in [4.69, 9.17) is 12.2 Å². The van der Waals surface area contributed by atoms with Crippen molar-refractivity contribution < 1.29 is 4.79 Å². The first kappa shape index (κ1) is 15.6. The number of hydrogen-bond acceptors (Lipinski definition) is 2. The molecule has 18 heavy (non-hydrogen) atoms. The zero-order valence-electron chi connectivity index (χ0n) is 11.8. The van der Waals surface area contributed by atoms with Crippen LogP contribution in [0.15, 0.2) is 11.6 Å². The third-order valence-corrected chi connectivity index (χ3v) is 4.28. The Morgan fingerprint density at radius 3 is 2.50 bits per heavy atom. The van der Waals surface area contributed by atoms with Crippen molar-refractivity contribution >= 4 is 23.4 Å². The van der Waals surface area contributed by atoms with Crippen molar-refractivity contribution in [3.05, 3.63) is 11.6 Å². The van der Waals surface area contributed by atoms with E-state index >= 15 is 0 Å². The molecule has 0 saturated heterocycles. The summed E-state index contributed by atoms with van der Waals surface area (Å²) in [6.07, 6.45) is 12.5. The van der Waals surface area contributed by atoms with Crippen LogP contribution in [0.5, 0.6) is 0 Å². The Morgan fingerprint density at radius 2 is 1.89 bits per heavy atom. The van der Waals surface area contributed by atoms with Gasteiger partial charge < -0.3 is 0 Å².